The molecular weight excluding hydrogens is 725 g/mol. The summed E-state index contributed by atoms with van der Waals surface area (Å²) in [7, 11) is 1.69. The molecule has 4 aliphatic heterocycles. The Morgan fingerprint density at radius 3 is 2.49 bits per heavy atom. The van der Waals surface area contributed by atoms with E-state index in [1.165, 1.54) is 0 Å². The van der Waals surface area contributed by atoms with Crippen molar-refractivity contribution in [2.45, 2.75) is 172 Å². The number of ketones is 1. The maximum atomic E-state index is 15.0. The summed E-state index contributed by atoms with van der Waals surface area (Å²) >= 11 is 0. The minimum absolute atomic E-state index is 0.00342. The highest BCUT2D eigenvalue weighted by atomic mass is 16.5. The number of amides is 1. The van der Waals surface area contributed by atoms with E-state index in [0.29, 0.717) is 64.7 Å². The maximum Gasteiger partial charge on any atom is 0.240 e. The van der Waals surface area contributed by atoms with Crippen molar-refractivity contribution in [3.8, 4) is 11.8 Å². The van der Waals surface area contributed by atoms with Crippen LogP contribution in [-0.4, -0.2) is 118 Å². The summed E-state index contributed by atoms with van der Waals surface area (Å²) in [6.07, 6.45) is 6.21. The van der Waals surface area contributed by atoms with E-state index in [1.54, 1.807) is 14.0 Å². The Kier molecular flexibility index (Phi) is 9.00. The molecule has 4 saturated carbocycles. The van der Waals surface area contributed by atoms with E-state index in [9.17, 15) is 25.2 Å². The van der Waals surface area contributed by atoms with E-state index in [0.717, 1.165) is 56.1 Å². The zero-order valence-electron chi connectivity index (χ0n) is 34.7. The number of carbonyl (C=O) groups is 2. The van der Waals surface area contributed by atoms with E-state index in [4.69, 9.17) is 14.2 Å². The van der Waals surface area contributed by atoms with Crippen molar-refractivity contribution in [3.63, 3.8) is 0 Å². The van der Waals surface area contributed by atoms with E-state index in [1.807, 2.05) is 4.90 Å². The topological polar surface area (TPSA) is 158 Å². The Morgan fingerprint density at radius 2 is 1.74 bits per heavy atom. The molecule has 6 aliphatic carbocycles. The molecule has 0 unspecified atom stereocenters. The molecule has 7 fully saturated rings. The number of nitrogens with one attached hydrogen (secondary N) is 1. The number of carbonyl (C=O) groups excluding carboxylic acids is 2. The summed E-state index contributed by atoms with van der Waals surface area (Å²) in [4.78, 5) is 31.6. The average Bonchev–Trinajstić information content (AvgIpc) is 3.49. The molecule has 57 heavy (non-hydrogen) atoms. The van der Waals surface area contributed by atoms with Crippen LogP contribution in [0.15, 0.2) is 11.1 Å². The van der Waals surface area contributed by atoms with Crippen molar-refractivity contribution in [3.05, 3.63) is 11.1 Å². The molecule has 10 rings (SSSR count). The first kappa shape index (κ1) is 39.3. The lowest BCUT2D eigenvalue weighted by atomic mass is 9.37. The molecule has 10 aliphatic rings. The van der Waals surface area contributed by atoms with Crippen LogP contribution in [0.5, 0.6) is 0 Å². The second-order valence-electron chi connectivity index (χ2n) is 21.2. The number of piperidine rings is 1. The summed E-state index contributed by atoms with van der Waals surface area (Å²) in [6.45, 7) is 9.97. The molecule has 1 spiro atoms. The van der Waals surface area contributed by atoms with Gasteiger partial charge in [-0.3, -0.25) is 14.9 Å². The predicted molar refractivity (Wildman–Crippen MR) is 209 cm³/mol. The highest BCUT2D eigenvalue weighted by molar-refractivity contribution is 6.01. The number of hydrogen-bond acceptors (Lipinski definition) is 10. The average molecular weight is 791 g/mol. The number of hydrogen-bond donors (Lipinski definition) is 5. The van der Waals surface area contributed by atoms with Crippen LogP contribution in [0.3, 0.4) is 0 Å². The van der Waals surface area contributed by atoms with Gasteiger partial charge in [-0.2, -0.15) is 0 Å². The smallest absolute Gasteiger partial charge is 0.240 e. The third kappa shape index (κ3) is 4.96. The molecule has 4 heterocycles. The number of aliphatic hydroxyl groups excluding tert-OH is 2. The summed E-state index contributed by atoms with van der Waals surface area (Å²) in [6, 6.07) is -0.612. The standard InChI is InChI=1S/C46H66N2O9/c1-25-32-35-39(51)47-37(44(32)14-6-7-15-44)40(52)48-24-27(48)10-8-16-45-19-18-42(3)31(43(4,53)38(50)34(25)57-35)22-26-11-12-29(36(45)46(26,42)54)33(49)30-23-28(13-17-41(30,45)2)56-21-9-20-55-5/h25-28,30-32,34-35,37-39,47,50-51,53-54H,6-7,9-15,17-24H2,1-5H3/t25-,26-,27+,28+,30+,31+,32-,34+,35+,37-,38-,39-,41+,42-,43+,45+,46-,48?/m1/s1. The number of nitrogens with zero attached hydrogens (tertiary/aromatic N) is 1. The predicted octanol–water partition coefficient (Wildman–Crippen LogP) is 3.64. The van der Waals surface area contributed by atoms with Crippen molar-refractivity contribution in [1.82, 2.24) is 10.2 Å². The highest BCUT2D eigenvalue weighted by Crippen LogP contribution is 2.77. The fourth-order valence-electron chi connectivity index (χ4n) is 16.0. The van der Waals surface area contributed by atoms with E-state index >= 15 is 4.79 Å². The van der Waals surface area contributed by atoms with Crippen LogP contribution < -0.4 is 5.32 Å². The second kappa shape index (κ2) is 13.1. The third-order valence-electron chi connectivity index (χ3n) is 19.0. The number of allylic oxidation sites excluding steroid dienone is 1. The zero-order chi connectivity index (χ0) is 40.1. The largest absolute Gasteiger partial charge is 0.387 e. The van der Waals surface area contributed by atoms with Gasteiger partial charge < -0.3 is 39.5 Å². The lowest BCUT2D eigenvalue weighted by Gasteiger charge is -2.67. The van der Waals surface area contributed by atoms with Gasteiger partial charge in [0, 0.05) is 56.0 Å². The van der Waals surface area contributed by atoms with Gasteiger partial charge in [0.05, 0.1) is 40.9 Å². The number of rotatable bonds is 5. The van der Waals surface area contributed by atoms with Crippen molar-refractivity contribution in [1.29, 1.82) is 0 Å². The molecule has 5 N–H and O–H groups in total. The van der Waals surface area contributed by atoms with Crippen LogP contribution in [-0.2, 0) is 23.8 Å². The van der Waals surface area contributed by atoms with Gasteiger partial charge >= 0.3 is 0 Å². The van der Waals surface area contributed by atoms with Gasteiger partial charge in [0.1, 0.15) is 18.4 Å². The van der Waals surface area contributed by atoms with Gasteiger partial charge in [-0.05, 0) is 112 Å². The molecule has 7 bridgehead atoms. The molecule has 1 amide bonds. The first-order chi connectivity index (χ1) is 27.1. The number of methoxy groups -OCH3 is 1. The van der Waals surface area contributed by atoms with Crippen molar-refractivity contribution in [2.75, 3.05) is 26.9 Å². The molecule has 11 nitrogen and oxygen atoms in total. The third-order valence-corrected chi connectivity index (χ3v) is 19.0. The van der Waals surface area contributed by atoms with Gasteiger partial charge in [0.2, 0.25) is 5.91 Å². The first-order valence-corrected chi connectivity index (χ1v) is 22.5. The Morgan fingerprint density at radius 1 is 0.965 bits per heavy atom. The van der Waals surface area contributed by atoms with E-state index in [2.05, 4.69) is 37.9 Å². The summed E-state index contributed by atoms with van der Waals surface area (Å²) < 4.78 is 18.4. The number of fused-ring (bicyclic) bond motifs is 3. The lowest BCUT2D eigenvalue weighted by Crippen LogP contribution is -2.69. The normalized spacial score (nSPS) is 53.0. The minimum atomic E-state index is -1.67. The number of ether oxygens (including phenoxy) is 3. The monoisotopic (exact) mass is 790 g/mol. The Balaban J connectivity index is 1.11. The Hall–Kier alpha value is -1.88. The summed E-state index contributed by atoms with van der Waals surface area (Å²) in [5, 5.41) is 54.3. The van der Waals surface area contributed by atoms with E-state index in [-0.39, 0.29) is 47.5 Å². The molecule has 3 saturated heterocycles. The Labute approximate surface area is 338 Å². The van der Waals surface area contributed by atoms with Gasteiger partial charge in [0.15, 0.2) is 5.78 Å². The molecular formula is C46H66N2O9. The van der Waals surface area contributed by atoms with Crippen LogP contribution in [0, 0.1) is 63.1 Å². The molecule has 314 valence electrons. The molecule has 11 heteroatoms. The van der Waals surface area contributed by atoms with Crippen LogP contribution in [0.4, 0.5) is 0 Å². The van der Waals surface area contributed by atoms with Crippen LogP contribution in [0.2, 0.25) is 0 Å². The lowest BCUT2D eigenvalue weighted by molar-refractivity contribution is -0.209. The first-order valence-electron chi connectivity index (χ1n) is 22.5. The Bertz CT molecular complexity index is 1800. The van der Waals surface area contributed by atoms with Crippen molar-refractivity contribution >= 4 is 11.7 Å². The SMILES string of the molecule is COCCCO[C@H]1CC[C@@]2(C)[C@@H](C1)C(=O)C1=C3[C@@]24C#CC[C@H]2CN2C(=O)[C@H]2N[C@H](O)[C@H]5O[C@@H]([C@H](C)[C@H]5C25CCCC5)[C@@H](O)[C@@](C)(O)[C@H]2C[C@@H](CC1)[C@]3(O)[C@]2(C)CC4. The van der Waals surface area contributed by atoms with Gasteiger partial charge in [-0.15, -0.1) is 5.92 Å². The maximum absolute atomic E-state index is 15.0. The van der Waals surface area contributed by atoms with Crippen molar-refractivity contribution in [2.24, 2.45) is 51.2 Å². The van der Waals surface area contributed by atoms with E-state index < -0.39 is 69.4 Å². The van der Waals surface area contributed by atoms with Gasteiger partial charge in [0.25, 0.3) is 0 Å². The van der Waals surface area contributed by atoms with Gasteiger partial charge in [-0.25, -0.2) is 0 Å². The molecule has 0 aromatic rings. The quantitative estimate of drug-likeness (QED) is 0.158. The van der Waals surface area contributed by atoms with Crippen LogP contribution in [0.1, 0.15) is 118 Å². The zero-order valence-corrected chi connectivity index (χ0v) is 34.7. The van der Waals surface area contributed by atoms with Gasteiger partial charge in [-0.1, -0.05) is 39.5 Å². The molecule has 0 radical (unpaired) electrons. The fraction of sp³-hybridized carbons (Fsp3) is 0.870. The summed E-state index contributed by atoms with van der Waals surface area (Å²) in [5.74, 6) is 6.24. The molecule has 0 aromatic carbocycles. The number of Topliss-reactive ketones (excluding diaryl/α,β-unsaturated/α-hetero) is 1. The van der Waals surface area contributed by atoms with Crippen LogP contribution in [0.25, 0.3) is 0 Å². The molecule has 17 atom stereocenters. The molecule has 0 aromatic heterocycles. The number of aliphatic hydroxyl groups is 4. The van der Waals surface area contributed by atoms with Crippen LogP contribution >= 0.6 is 0 Å². The second-order valence-corrected chi connectivity index (χ2v) is 21.2. The highest BCUT2D eigenvalue weighted by Gasteiger charge is 2.78. The summed E-state index contributed by atoms with van der Waals surface area (Å²) in [5.41, 5.74) is -4.11. The fourth-order valence-corrected chi connectivity index (χ4v) is 16.0. The van der Waals surface area contributed by atoms with Crippen molar-refractivity contribution < 1.29 is 44.2 Å². The minimum Gasteiger partial charge on any atom is -0.387 e.